The Morgan fingerprint density at radius 1 is 1.23 bits per heavy atom. The fraction of sp³-hybridized carbons (Fsp3) is 0.455. The van der Waals surface area contributed by atoms with Crippen molar-refractivity contribution in [3.05, 3.63) is 34.4 Å². The molecular weight excluding hydrogens is 343 g/mol. The monoisotopic (exact) mass is 355 g/mol. The first-order valence-electron chi connectivity index (χ1n) is 6.23. The first-order chi connectivity index (χ1) is 10.2. The standard InChI is InChI=1S/C11H12F3N3O3S2/c12-11(13,14)21-15-22(20,16-7-1-2-8-16)10-5-3-9(4-6-10)17(18)19/h3-6H,1-2,7-8H2. The summed E-state index contributed by atoms with van der Waals surface area (Å²) in [6.45, 7) is 0.746. The zero-order valence-electron chi connectivity index (χ0n) is 11.2. The van der Waals surface area contributed by atoms with Crippen molar-refractivity contribution in [1.29, 1.82) is 0 Å². The molecule has 122 valence electrons. The Morgan fingerprint density at radius 3 is 2.23 bits per heavy atom. The van der Waals surface area contributed by atoms with E-state index in [0.717, 1.165) is 25.0 Å². The zero-order chi connectivity index (χ0) is 16.4. The van der Waals surface area contributed by atoms with Crippen molar-refractivity contribution < 1.29 is 22.3 Å². The van der Waals surface area contributed by atoms with Gasteiger partial charge >= 0.3 is 5.51 Å². The predicted molar refractivity (Wildman–Crippen MR) is 76.4 cm³/mol. The van der Waals surface area contributed by atoms with Gasteiger partial charge in [-0.05, 0) is 25.0 Å². The molecule has 1 fully saturated rings. The highest BCUT2D eigenvalue weighted by Gasteiger charge is 2.33. The maximum absolute atomic E-state index is 13.0. The summed E-state index contributed by atoms with van der Waals surface area (Å²) < 4.78 is 54.9. The Hall–Kier alpha value is -1.33. The lowest BCUT2D eigenvalue weighted by Gasteiger charge is -2.20. The minimum atomic E-state index is -4.64. The molecule has 1 aliphatic rings. The highest BCUT2D eigenvalue weighted by atomic mass is 32.3. The van der Waals surface area contributed by atoms with E-state index in [0.29, 0.717) is 13.1 Å². The molecule has 0 radical (unpaired) electrons. The molecule has 22 heavy (non-hydrogen) atoms. The third kappa shape index (κ3) is 3.90. The van der Waals surface area contributed by atoms with E-state index in [1.807, 2.05) is 0 Å². The molecule has 1 unspecified atom stereocenters. The van der Waals surface area contributed by atoms with Crippen molar-refractivity contribution in [3.63, 3.8) is 0 Å². The second-order valence-corrected chi connectivity index (χ2v) is 7.72. The third-order valence-electron chi connectivity index (χ3n) is 3.01. The fourth-order valence-electron chi connectivity index (χ4n) is 2.01. The number of nitrogens with zero attached hydrogens (tertiary/aromatic N) is 3. The van der Waals surface area contributed by atoms with Crippen LogP contribution in [-0.2, 0) is 9.92 Å². The summed E-state index contributed by atoms with van der Waals surface area (Å²) in [5, 5.41) is 10.6. The van der Waals surface area contributed by atoms with Crippen molar-refractivity contribution >= 4 is 27.6 Å². The Balaban J connectivity index is 2.44. The van der Waals surface area contributed by atoms with Gasteiger partial charge < -0.3 is 0 Å². The number of hydrogen-bond donors (Lipinski definition) is 0. The van der Waals surface area contributed by atoms with Gasteiger partial charge in [-0.3, -0.25) is 10.1 Å². The van der Waals surface area contributed by atoms with Gasteiger partial charge in [0, 0.05) is 25.2 Å². The quantitative estimate of drug-likeness (QED) is 0.470. The number of nitro groups is 1. The van der Waals surface area contributed by atoms with E-state index >= 15 is 0 Å². The number of alkyl halides is 3. The number of halogens is 3. The Labute approximate surface area is 129 Å². The molecule has 2 rings (SSSR count). The molecule has 11 heteroatoms. The first-order valence-corrected chi connectivity index (χ1v) is 8.48. The van der Waals surface area contributed by atoms with E-state index in [4.69, 9.17) is 0 Å². The van der Waals surface area contributed by atoms with E-state index < -0.39 is 32.3 Å². The van der Waals surface area contributed by atoms with Crippen molar-refractivity contribution in [2.45, 2.75) is 23.2 Å². The summed E-state index contributed by atoms with van der Waals surface area (Å²) in [6, 6.07) is 4.61. The van der Waals surface area contributed by atoms with Crippen LogP contribution in [0.25, 0.3) is 0 Å². The molecule has 0 aromatic heterocycles. The van der Waals surface area contributed by atoms with Crippen LogP contribution in [0.1, 0.15) is 12.8 Å². The largest absolute Gasteiger partial charge is 0.464 e. The SMILES string of the molecule is O=[N+]([O-])c1ccc(S(=O)(=NSC(F)(F)F)N2CCCC2)cc1. The van der Waals surface area contributed by atoms with Crippen LogP contribution in [-0.4, -0.2) is 32.0 Å². The molecule has 0 saturated carbocycles. The summed E-state index contributed by atoms with van der Waals surface area (Å²) in [5.74, 6) is 0. The van der Waals surface area contributed by atoms with Gasteiger partial charge in [-0.15, -0.1) is 3.77 Å². The molecule has 6 nitrogen and oxygen atoms in total. The topological polar surface area (TPSA) is 75.8 Å². The molecular formula is C11H12F3N3O3S2. The summed E-state index contributed by atoms with van der Waals surface area (Å²) in [5.41, 5.74) is -4.86. The van der Waals surface area contributed by atoms with Crippen molar-refractivity contribution in [2.75, 3.05) is 13.1 Å². The molecule has 1 aromatic rings. The van der Waals surface area contributed by atoms with Crippen LogP contribution < -0.4 is 0 Å². The molecule has 0 amide bonds. The van der Waals surface area contributed by atoms with E-state index in [9.17, 15) is 27.5 Å². The second kappa shape index (κ2) is 6.42. The van der Waals surface area contributed by atoms with Crippen LogP contribution in [0.4, 0.5) is 18.9 Å². The molecule has 1 heterocycles. The predicted octanol–water partition coefficient (Wildman–Crippen LogP) is 3.60. The zero-order valence-corrected chi connectivity index (χ0v) is 12.8. The average molecular weight is 355 g/mol. The molecule has 0 aliphatic carbocycles. The summed E-state index contributed by atoms with van der Waals surface area (Å²) in [7, 11) is -3.44. The average Bonchev–Trinajstić information content (AvgIpc) is 2.99. The molecule has 1 aliphatic heterocycles. The van der Waals surface area contributed by atoms with Gasteiger partial charge in [0.15, 0.2) is 9.92 Å². The minimum absolute atomic E-state index is 0.0387. The van der Waals surface area contributed by atoms with Gasteiger partial charge in [0.1, 0.15) is 0 Å². The normalized spacial score (nSPS) is 18.9. The lowest BCUT2D eigenvalue weighted by atomic mass is 10.3. The maximum Gasteiger partial charge on any atom is 0.464 e. The van der Waals surface area contributed by atoms with Crippen LogP contribution in [0.2, 0.25) is 0 Å². The van der Waals surface area contributed by atoms with Gasteiger partial charge in [0.25, 0.3) is 5.69 Å². The number of benzene rings is 1. The van der Waals surface area contributed by atoms with E-state index in [1.165, 1.54) is 16.4 Å². The Kier molecular flexibility index (Phi) is 4.97. The number of rotatable bonds is 4. The summed E-state index contributed by atoms with van der Waals surface area (Å²) in [6.07, 6.45) is 1.44. The molecule has 1 atom stereocenters. The summed E-state index contributed by atoms with van der Waals surface area (Å²) >= 11 is -0.693. The van der Waals surface area contributed by atoms with Gasteiger partial charge in [-0.25, -0.2) is 8.51 Å². The van der Waals surface area contributed by atoms with Crippen LogP contribution in [0.3, 0.4) is 0 Å². The van der Waals surface area contributed by atoms with Crippen molar-refractivity contribution in [1.82, 2.24) is 4.31 Å². The third-order valence-corrected chi connectivity index (χ3v) is 6.28. The van der Waals surface area contributed by atoms with Crippen LogP contribution in [0.15, 0.2) is 32.9 Å². The lowest BCUT2D eigenvalue weighted by molar-refractivity contribution is -0.384. The van der Waals surface area contributed by atoms with E-state index in [2.05, 4.69) is 3.77 Å². The first kappa shape index (κ1) is 17.0. The molecule has 1 aromatic carbocycles. The molecule has 1 saturated heterocycles. The van der Waals surface area contributed by atoms with Gasteiger partial charge in [-0.2, -0.15) is 13.2 Å². The van der Waals surface area contributed by atoms with E-state index in [1.54, 1.807) is 0 Å². The van der Waals surface area contributed by atoms with Crippen molar-refractivity contribution in [3.8, 4) is 0 Å². The van der Waals surface area contributed by atoms with Crippen molar-refractivity contribution in [2.24, 2.45) is 3.77 Å². The minimum Gasteiger partial charge on any atom is -0.258 e. The Bertz CT molecular complexity index is 663. The van der Waals surface area contributed by atoms with E-state index in [-0.39, 0.29) is 10.6 Å². The molecule has 0 bridgehead atoms. The highest BCUT2D eigenvalue weighted by molar-refractivity contribution is 8.07. The van der Waals surface area contributed by atoms with Gasteiger partial charge in [0.05, 0.1) is 21.8 Å². The molecule has 0 spiro atoms. The Morgan fingerprint density at radius 2 is 1.77 bits per heavy atom. The lowest BCUT2D eigenvalue weighted by Crippen LogP contribution is -2.27. The van der Waals surface area contributed by atoms with Gasteiger partial charge in [0.2, 0.25) is 0 Å². The van der Waals surface area contributed by atoms with Crippen LogP contribution >= 0.6 is 11.9 Å². The second-order valence-electron chi connectivity index (χ2n) is 4.50. The fourth-order valence-corrected chi connectivity index (χ4v) is 5.02. The van der Waals surface area contributed by atoms with Gasteiger partial charge in [-0.1, -0.05) is 0 Å². The number of nitro benzene ring substituents is 1. The number of non-ortho nitro benzene ring substituents is 1. The smallest absolute Gasteiger partial charge is 0.258 e. The van der Waals surface area contributed by atoms with Crippen LogP contribution in [0.5, 0.6) is 0 Å². The summed E-state index contributed by atoms with van der Waals surface area (Å²) in [4.78, 5) is 10.0. The number of hydrogen-bond acceptors (Lipinski definition) is 5. The highest BCUT2D eigenvalue weighted by Crippen LogP contribution is 2.35. The van der Waals surface area contributed by atoms with Crippen LogP contribution in [0, 0.1) is 10.1 Å². The molecule has 0 N–H and O–H groups in total. The maximum atomic E-state index is 13.0.